The Morgan fingerprint density at radius 2 is 2.03 bits per heavy atom. The third-order valence-corrected chi connectivity index (χ3v) is 4.76. The van der Waals surface area contributed by atoms with E-state index in [0.29, 0.717) is 18.8 Å². The number of amides is 2. The Morgan fingerprint density at radius 3 is 2.74 bits per heavy atom. The van der Waals surface area contributed by atoms with Crippen molar-refractivity contribution in [1.82, 2.24) is 39.9 Å². The molecule has 34 heavy (non-hydrogen) atoms. The number of nitrogen functional groups attached to an aromatic ring is 1. The monoisotopic (exact) mass is 478 g/mol. The van der Waals surface area contributed by atoms with Crippen molar-refractivity contribution in [1.29, 1.82) is 0 Å². The van der Waals surface area contributed by atoms with E-state index in [0.717, 1.165) is 16.7 Å². The fraction of sp³-hybridized carbons (Fsp3) is 0.263. The number of urea groups is 1. The number of tetrazole rings is 1. The standard InChI is InChI=1S/C19H18F4N10O/c1-2-33-30-13(29-31-33)5-6-25-18(34)28-17-15(20)32-9-10(3-4-14(32)27-17)11-7-12(19(21,22)23)16(24)26-8-11/h3-4,7-9H,2,5-6H2,1H3,(H2,24,26)(H2,25,28,34). The first-order chi connectivity index (χ1) is 16.2. The van der Waals surface area contributed by atoms with Crippen LogP contribution in [0.25, 0.3) is 16.8 Å². The van der Waals surface area contributed by atoms with Gasteiger partial charge in [-0.3, -0.25) is 9.72 Å². The molecule has 15 heteroatoms. The molecular weight excluding hydrogens is 460 g/mol. The first kappa shape index (κ1) is 22.9. The molecular formula is C19H18F4N10O. The van der Waals surface area contributed by atoms with E-state index in [1.807, 2.05) is 6.92 Å². The molecule has 0 unspecified atom stereocenters. The second-order valence-corrected chi connectivity index (χ2v) is 7.08. The molecule has 4 N–H and O–H groups in total. The minimum atomic E-state index is -4.69. The maximum Gasteiger partial charge on any atom is 0.419 e. The van der Waals surface area contributed by atoms with Crippen molar-refractivity contribution < 1.29 is 22.4 Å². The molecule has 0 aliphatic heterocycles. The highest BCUT2D eigenvalue weighted by Crippen LogP contribution is 2.35. The SMILES string of the molecule is CCn1nnc(CCNC(=O)Nc2nc3ccc(-c4cnc(N)c(C(F)(F)F)c4)cn3c2F)n1. The van der Waals surface area contributed by atoms with E-state index in [1.54, 1.807) is 0 Å². The molecule has 0 aromatic carbocycles. The summed E-state index contributed by atoms with van der Waals surface area (Å²) in [5.74, 6) is -1.47. The van der Waals surface area contributed by atoms with Crippen LogP contribution in [0.2, 0.25) is 0 Å². The van der Waals surface area contributed by atoms with E-state index in [-0.39, 0.29) is 29.1 Å². The number of alkyl halides is 3. The van der Waals surface area contributed by atoms with Crippen LogP contribution in [0.1, 0.15) is 18.3 Å². The highest BCUT2D eigenvalue weighted by atomic mass is 19.4. The van der Waals surface area contributed by atoms with Crippen molar-refractivity contribution in [3.8, 4) is 11.1 Å². The highest BCUT2D eigenvalue weighted by molar-refractivity contribution is 5.88. The molecule has 0 fully saturated rings. The highest BCUT2D eigenvalue weighted by Gasteiger charge is 2.34. The van der Waals surface area contributed by atoms with Gasteiger partial charge in [0.2, 0.25) is 5.95 Å². The number of aryl methyl sites for hydroxylation is 1. The molecule has 2 amide bonds. The summed E-state index contributed by atoms with van der Waals surface area (Å²) >= 11 is 0. The molecule has 0 aliphatic carbocycles. The largest absolute Gasteiger partial charge is 0.419 e. The molecule has 4 heterocycles. The van der Waals surface area contributed by atoms with Crippen molar-refractivity contribution in [3.05, 3.63) is 47.9 Å². The topological polar surface area (TPSA) is 141 Å². The van der Waals surface area contributed by atoms with Crippen LogP contribution in [-0.2, 0) is 19.1 Å². The molecule has 0 radical (unpaired) electrons. The van der Waals surface area contributed by atoms with Crippen LogP contribution in [0, 0.1) is 5.95 Å². The number of carbonyl (C=O) groups is 1. The van der Waals surface area contributed by atoms with Gasteiger partial charge in [-0.1, -0.05) is 0 Å². The molecule has 4 aromatic heterocycles. The number of pyridine rings is 2. The third kappa shape index (κ3) is 4.72. The van der Waals surface area contributed by atoms with E-state index < -0.39 is 29.5 Å². The molecule has 178 valence electrons. The van der Waals surface area contributed by atoms with Gasteiger partial charge in [-0.05, 0) is 30.3 Å². The number of hydrogen-bond acceptors (Lipinski definition) is 7. The average Bonchev–Trinajstić information content (AvgIpc) is 3.37. The number of aromatic nitrogens is 7. The van der Waals surface area contributed by atoms with Gasteiger partial charge in [-0.2, -0.15) is 22.4 Å². The number of hydrogen-bond donors (Lipinski definition) is 3. The first-order valence-corrected chi connectivity index (χ1v) is 9.98. The molecule has 11 nitrogen and oxygen atoms in total. The fourth-order valence-electron chi connectivity index (χ4n) is 3.08. The summed E-state index contributed by atoms with van der Waals surface area (Å²) in [6.07, 6.45) is -1.97. The Hall–Kier alpha value is -4.30. The van der Waals surface area contributed by atoms with Crippen molar-refractivity contribution in [2.45, 2.75) is 26.1 Å². The quantitative estimate of drug-likeness (QED) is 0.362. The van der Waals surface area contributed by atoms with E-state index in [4.69, 9.17) is 5.73 Å². The zero-order valence-corrected chi connectivity index (χ0v) is 17.6. The minimum absolute atomic E-state index is 0.0809. The van der Waals surface area contributed by atoms with Crippen LogP contribution in [0.5, 0.6) is 0 Å². The predicted octanol–water partition coefficient (Wildman–Crippen LogP) is 2.51. The molecule has 4 rings (SSSR count). The van der Waals surface area contributed by atoms with Crippen LogP contribution in [0.15, 0.2) is 30.6 Å². The van der Waals surface area contributed by atoms with Crippen molar-refractivity contribution >= 4 is 23.3 Å². The number of carbonyl (C=O) groups excluding carboxylic acids is 1. The zero-order chi connectivity index (χ0) is 24.5. The van der Waals surface area contributed by atoms with Gasteiger partial charge in [0.15, 0.2) is 11.6 Å². The second kappa shape index (κ2) is 8.92. The summed E-state index contributed by atoms with van der Waals surface area (Å²) in [6.45, 7) is 2.59. The lowest BCUT2D eigenvalue weighted by atomic mass is 10.1. The van der Waals surface area contributed by atoms with Gasteiger partial charge in [0.25, 0.3) is 0 Å². The molecule has 0 saturated heterocycles. The summed E-state index contributed by atoms with van der Waals surface area (Å²) in [5, 5.41) is 16.5. The minimum Gasteiger partial charge on any atom is -0.383 e. The Labute approximate surface area is 189 Å². The van der Waals surface area contributed by atoms with Crippen molar-refractivity contribution in [2.75, 3.05) is 17.6 Å². The van der Waals surface area contributed by atoms with Crippen molar-refractivity contribution in [2.24, 2.45) is 0 Å². The normalized spacial score (nSPS) is 11.7. The lowest BCUT2D eigenvalue weighted by Crippen LogP contribution is -2.31. The maximum absolute atomic E-state index is 14.9. The summed E-state index contributed by atoms with van der Waals surface area (Å²) in [4.78, 5) is 21.1. The van der Waals surface area contributed by atoms with E-state index in [2.05, 4.69) is 36.0 Å². The summed E-state index contributed by atoms with van der Waals surface area (Å²) in [6, 6.07) is 2.98. The summed E-state index contributed by atoms with van der Waals surface area (Å²) in [7, 11) is 0. The van der Waals surface area contributed by atoms with Crippen LogP contribution < -0.4 is 16.4 Å². The third-order valence-electron chi connectivity index (χ3n) is 4.76. The summed E-state index contributed by atoms with van der Waals surface area (Å²) < 4.78 is 55.3. The van der Waals surface area contributed by atoms with Crippen molar-refractivity contribution in [3.63, 3.8) is 0 Å². The fourth-order valence-corrected chi connectivity index (χ4v) is 3.08. The molecule has 0 aliphatic rings. The lowest BCUT2D eigenvalue weighted by Gasteiger charge is -2.11. The van der Waals surface area contributed by atoms with E-state index in [9.17, 15) is 22.4 Å². The smallest absolute Gasteiger partial charge is 0.383 e. The van der Waals surface area contributed by atoms with E-state index in [1.165, 1.54) is 23.1 Å². The Morgan fingerprint density at radius 1 is 1.24 bits per heavy atom. The first-order valence-electron chi connectivity index (χ1n) is 9.98. The molecule has 0 spiro atoms. The molecule has 4 aromatic rings. The molecule has 0 bridgehead atoms. The van der Waals surface area contributed by atoms with Gasteiger partial charge in [-0.25, -0.2) is 14.8 Å². The van der Waals surface area contributed by atoms with Crippen LogP contribution in [-0.4, -0.2) is 47.2 Å². The second-order valence-electron chi connectivity index (χ2n) is 7.08. The van der Waals surface area contributed by atoms with Crippen LogP contribution in [0.3, 0.4) is 0 Å². The van der Waals surface area contributed by atoms with Gasteiger partial charge in [-0.15, -0.1) is 10.2 Å². The van der Waals surface area contributed by atoms with Gasteiger partial charge in [0.1, 0.15) is 11.5 Å². The van der Waals surface area contributed by atoms with Gasteiger partial charge in [0, 0.05) is 36.5 Å². The number of imidazole rings is 1. The Bertz CT molecular complexity index is 1350. The predicted molar refractivity (Wildman–Crippen MR) is 112 cm³/mol. The maximum atomic E-state index is 14.9. The Kier molecular flexibility index (Phi) is 6.00. The molecule has 0 atom stereocenters. The lowest BCUT2D eigenvalue weighted by molar-refractivity contribution is -0.137. The van der Waals surface area contributed by atoms with Crippen LogP contribution >= 0.6 is 0 Å². The number of nitrogens with one attached hydrogen (secondary N) is 2. The number of nitrogens with zero attached hydrogens (tertiary/aromatic N) is 7. The number of nitrogens with two attached hydrogens (primary N) is 1. The summed E-state index contributed by atoms with van der Waals surface area (Å²) in [5.41, 5.74) is 4.69. The van der Waals surface area contributed by atoms with Gasteiger partial charge in [0.05, 0.1) is 12.1 Å². The zero-order valence-electron chi connectivity index (χ0n) is 17.6. The Balaban J connectivity index is 1.48. The number of fused-ring (bicyclic) bond motifs is 1. The number of anilines is 2. The average molecular weight is 478 g/mol. The number of halogens is 4. The van der Waals surface area contributed by atoms with E-state index >= 15 is 0 Å². The van der Waals surface area contributed by atoms with Gasteiger partial charge >= 0.3 is 12.2 Å². The van der Waals surface area contributed by atoms with Crippen LogP contribution in [0.4, 0.5) is 34.0 Å². The number of rotatable bonds is 6. The van der Waals surface area contributed by atoms with Gasteiger partial charge < -0.3 is 11.1 Å². The molecule has 0 saturated carbocycles.